The van der Waals surface area contributed by atoms with Crippen LogP contribution in [0.15, 0.2) is 0 Å². The summed E-state index contributed by atoms with van der Waals surface area (Å²) in [5.41, 5.74) is 5.46. The van der Waals surface area contributed by atoms with Crippen LogP contribution < -0.4 is 5.73 Å². The van der Waals surface area contributed by atoms with Crippen LogP contribution in [0.3, 0.4) is 0 Å². The van der Waals surface area contributed by atoms with Crippen molar-refractivity contribution in [2.75, 3.05) is 13.2 Å². The summed E-state index contributed by atoms with van der Waals surface area (Å²) in [6, 6.07) is 0.614. The van der Waals surface area contributed by atoms with Gasteiger partial charge in [0.25, 0.3) is 0 Å². The smallest absolute Gasteiger partial charge is 0.0921 e. The highest BCUT2D eigenvalue weighted by Gasteiger charge is 2.27. The molecular weight excluding hydrogens is 190 g/mol. The number of hydrogen-bond donors (Lipinski definition) is 3. The summed E-state index contributed by atoms with van der Waals surface area (Å²) in [4.78, 5) is 2.34. The zero-order valence-corrected chi connectivity index (χ0v) is 9.58. The standard InChI is InChI=1S/C11H23N3O/c1-2-9(7-11(12)13)14-6-4-3-5-10(14)8-15/h9-10,15H,2-8H2,1H3,(H3,12,13). The number of piperidine rings is 1. The molecule has 0 aromatic carbocycles. The highest BCUT2D eigenvalue weighted by Crippen LogP contribution is 2.22. The molecule has 4 heteroatoms. The Morgan fingerprint density at radius 3 is 2.87 bits per heavy atom. The van der Waals surface area contributed by atoms with Gasteiger partial charge in [-0.2, -0.15) is 0 Å². The highest BCUT2D eigenvalue weighted by molar-refractivity contribution is 5.77. The van der Waals surface area contributed by atoms with E-state index in [1.807, 2.05) is 0 Å². The molecule has 2 unspecified atom stereocenters. The average Bonchev–Trinajstić information content (AvgIpc) is 2.25. The second-order valence-corrected chi connectivity index (χ2v) is 4.36. The van der Waals surface area contributed by atoms with Gasteiger partial charge in [0.15, 0.2) is 0 Å². The molecule has 0 spiro atoms. The molecule has 1 fully saturated rings. The molecule has 88 valence electrons. The van der Waals surface area contributed by atoms with Gasteiger partial charge in [0.05, 0.1) is 12.4 Å². The van der Waals surface area contributed by atoms with Crippen molar-refractivity contribution in [2.45, 2.75) is 51.1 Å². The molecule has 0 saturated carbocycles. The maximum Gasteiger partial charge on any atom is 0.0921 e. The summed E-state index contributed by atoms with van der Waals surface area (Å²) in [5, 5.41) is 16.7. The third kappa shape index (κ3) is 3.47. The summed E-state index contributed by atoms with van der Waals surface area (Å²) in [7, 11) is 0. The molecule has 0 aromatic rings. The zero-order chi connectivity index (χ0) is 11.3. The molecule has 1 aliphatic heterocycles. The third-order valence-electron chi connectivity index (χ3n) is 3.28. The molecule has 0 aliphatic carbocycles. The fraction of sp³-hybridized carbons (Fsp3) is 0.909. The predicted molar refractivity (Wildman–Crippen MR) is 62.0 cm³/mol. The van der Waals surface area contributed by atoms with Crippen LogP contribution in [-0.4, -0.2) is 41.1 Å². The summed E-state index contributed by atoms with van der Waals surface area (Å²) < 4.78 is 0. The van der Waals surface area contributed by atoms with Gasteiger partial charge in [0.2, 0.25) is 0 Å². The van der Waals surface area contributed by atoms with E-state index in [2.05, 4.69) is 11.8 Å². The first-order valence-corrected chi connectivity index (χ1v) is 5.88. The van der Waals surface area contributed by atoms with E-state index >= 15 is 0 Å². The minimum Gasteiger partial charge on any atom is -0.395 e. The van der Waals surface area contributed by atoms with E-state index in [1.165, 1.54) is 12.8 Å². The van der Waals surface area contributed by atoms with Gasteiger partial charge in [0, 0.05) is 18.5 Å². The number of nitrogens with two attached hydrogens (primary N) is 1. The number of aliphatic hydroxyl groups excluding tert-OH is 1. The van der Waals surface area contributed by atoms with Crippen molar-refractivity contribution < 1.29 is 5.11 Å². The first-order chi connectivity index (χ1) is 7.19. The Morgan fingerprint density at radius 1 is 1.60 bits per heavy atom. The molecule has 0 amide bonds. The third-order valence-corrected chi connectivity index (χ3v) is 3.28. The van der Waals surface area contributed by atoms with Crippen molar-refractivity contribution in [2.24, 2.45) is 5.73 Å². The van der Waals surface area contributed by atoms with Crippen LogP contribution in [0.1, 0.15) is 39.0 Å². The lowest BCUT2D eigenvalue weighted by Crippen LogP contribution is -2.48. The van der Waals surface area contributed by atoms with E-state index in [4.69, 9.17) is 11.1 Å². The molecule has 1 aliphatic rings. The van der Waals surface area contributed by atoms with Crippen LogP contribution in [-0.2, 0) is 0 Å². The number of rotatable bonds is 5. The van der Waals surface area contributed by atoms with Gasteiger partial charge in [-0.05, 0) is 25.8 Å². The van der Waals surface area contributed by atoms with E-state index < -0.39 is 0 Å². The molecule has 0 radical (unpaired) electrons. The van der Waals surface area contributed by atoms with Gasteiger partial charge in [-0.25, -0.2) is 0 Å². The van der Waals surface area contributed by atoms with Crippen molar-refractivity contribution in [3.63, 3.8) is 0 Å². The first kappa shape index (κ1) is 12.5. The molecule has 4 N–H and O–H groups in total. The number of aliphatic hydroxyl groups is 1. The van der Waals surface area contributed by atoms with E-state index in [9.17, 15) is 5.11 Å². The Bertz CT molecular complexity index is 208. The predicted octanol–water partition coefficient (Wildman–Crippen LogP) is 0.938. The lowest BCUT2D eigenvalue weighted by molar-refractivity contribution is 0.0536. The van der Waals surface area contributed by atoms with Gasteiger partial charge in [-0.15, -0.1) is 0 Å². The molecule has 1 rings (SSSR count). The Balaban J connectivity index is 2.58. The van der Waals surface area contributed by atoms with Gasteiger partial charge in [-0.1, -0.05) is 13.3 Å². The minimum absolute atomic E-state index is 0.231. The van der Waals surface area contributed by atoms with Crippen LogP contribution in [0.2, 0.25) is 0 Å². The van der Waals surface area contributed by atoms with Gasteiger partial charge in [-0.3, -0.25) is 10.3 Å². The fourth-order valence-corrected chi connectivity index (χ4v) is 2.45. The molecule has 1 saturated heterocycles. The minimum atomic E-state index is 0.231. The summed E-state index contributed by atoms with van der Waals surface area (Å²) >= 11 is 0. The molecule has 1 heterocycles. The Morgan fingerprint density at radius 2 is 2.33 bits per heavy atom. The number of hydrogen-bond acceptors (Lipinski definition) is 3. The summed E-state index contributed by atoms with van der Waals surface area (Å²) in [6.07, 6.45) is 5.11. The van der Waals surface area contributed by atoms with E-state index in [-0.39, 0.29) is 18.5 Å². The van der Waals surface area contributed by atoms with Crippen molar-refractivity contribution in [3.05, 3.63) is 0 Å². The number of amidine groups is 1. The first-order valence-electron chi connectivity index (χ1n) is 5.88. The van der Waals surface area contributed by atoms with E-state index in [0.717, 1.165) is 19.4 Å². The van der Waals surface area contributed by atoms with Crippen LogP contribution in [0.4, 0.5) is 0 Å². The Kier molecular flexibility index (Phi) is 5.05. The molecular formula is C11H23N3O. The number of nitrogens with zero attached hydrogens (tertiary/aromatic N) is 1. The molecule has 0 aromatic heterocycles. The van der Waals surface area contributed by atoms with E-state index in [0.29, 0.717) is 12.5 Å². The molecule has 15 heavy (non-hydrogen) atoms. The molecule has 4 nitrogen and oxygen atoms in total. The normalized spacial score (nSPS) is 25.1. The van der Waals surface area contributed by atoms with Crippen molar-refractivity contribution in [1.82, 2.24) is 4.90 Å². The quantitative estimate of drug-likeness (QED) is 0.470. The fourth-order valence-electron chi connectivity index (χ4n) is 2.45. The average molecular weight is 213 g/mol. The second kappa shape index (κ2) is 6.08. The second-order valence-electron chi connectivity index (χ2n) is 4.36. The topological polar surface area (TPSA) is 73.3 Å². The maximum atomic E-state index is 9.31. The van der Waals surface area contributed by atoms with E-state index in [1.54, 1.807) is 0 Å². The van der Waals surface area contributed by atoms with Gasteiger partial charge >= 0.3 is 0 Å². The van der Waals surface area contributed by atoms with Crippen LogP contribution >= 0.6 is 0 Å². The van der Waals surface area contributed by atoms with Gasteiger partial charge < -0.3 is 10.8 Å². The van der Waals surface area contributed by atoms with Crippen molar-refractivity contribution in [3.8, 4) is 0 Å². The summed E-state index contributed by atoms with van der Waals surface area (Å²) in [5.74, 6) is 0.254. The molecule has 0 bridgehead atoms. The van der Waals surface area contributed by atoms with Crippen LogP contribution in [0.25, 0.3) is 0 Å². The van der Waals surface area contributed by atoms with Crippen LogP contribution in [0, 0.1) is 5.41 Å². The Labute approximate surface area is 92.0 Å². The zero-order valence-electron chi connectivity index (χ0n) is 9.58. The lowest BCUT2D eigenvalue weighted by atomic mass is 9.97. The number of likely N-dealkylation sites (tertiary alicyclic amines) is 1. The monoisotopic (exact) mass is 213 g/mol. The van der Waals surface area contributed by atoms with Gasteiger partial charge in [0.1, 0.15) is 0 Å². The SMILES string of the molecule is CCC(CC(=N)N)N1CCCCC1CO. The summed E-state index contributed by atoms with van der Waals surface area (Å²) in [6.45, 7) is 3.39. The van der Waals surface area contributed by atoms with Crippen LogP contribution in [0.5, 0.6) is 0 Å². The van der Waals surface area contributed by atoms with Crippen molar-refractivity contribution >= 4 is 5.84 Å². The molecule has 2 atom stereocenters. The largest absolute Gasteiger partial charge is 0.395 e. The lowest BCUT2D eigenvalue weighted by Gasteiger charge is -2.40. The highest BCUT2D eigenvalue weighted by atomic mass is 16.3. The maximum absolute atomic E-state index is 9.31. The number of nitrogens with one attached hydrogen (secondary N) is 1. The van der Waals surface area contributed by atoms with Crippen molar-refractivity contribution in [1.29, 1.82) is 5.41 Å². The Hall–Kier alpha value is -0.610.